The molecule has 4 heterocycles. The number of H-pyrrole nitrogens is 1. The number of carbonyl (C=O) groups excluding carboxylic acids is 1. The first-order chi connectivity index (χ1) is 16.1. The van der Waals surface area contributed by atoms with Crippen molar-refractivity contribution in [1.82, 2.24) is 34.4 Å². The summed E-state index contributed by atoms with van der Waals surface area (Å²) in [7, 11) is 3.54. The molecule has 4 aromatic heterocycles. The molecule has 9 nitrogen and oxygen atoms in total. The minimum Gasteiger partial charge on any atom is -0.351 e. The maximum Gasteiger partial charge on any atom is 0.256 e. The second kappa shape index (κ2) is 8.00. The third kappa shape index (κ3) is 3.74. The standard InChI is InChI=1S/C23H26F2N8O/c1-12-28-17-6-5-16(30-20(17)33(12)11-18(24)25)14-9-26-19-15(14)10-27-22(31-19)29-13-7-23(2,8-13)21(34)32(3)4/h5-6,9-10,13,18H,7-8,11H2,1-4H3,(H2,26,27,29,31)/t13-,23+. The van der Waals surface area contributed by atoms with Crippen LogP contribution in [0.3, 0.4) is 0 Å². The number of carbonyl (C=O) groups is 1. The van der Waals surface area contributed by atoms with Gasteiger partial charge in [0, 0.05) is 43.5 Å². The van der Waals surface area contributed by atoms with Crippen molar-refractivity contribution in [3.8, 4) is 11.3 Å². The van der Waals surface area contributed by atoms with Crippen molar-refractivity contribution in [3.63, 3.8) is 0 Å². The maximum absolute atomic E-state index is 13.0. The number of rotatable bonds is 6. The fourth-order valence-corrected chi connectivity index (χ4v) is 4.84. The maximum atomic E-state index is 13.0. The number of aromatic amines is 1. The summed E-state index contributed by atoms with van der Waals surface area (Å²) in [6, 6.07) is 3.72. The highest BCUT2D eigenvalue weighted by atomic mass is 19.3. The van der Waals surface area contributed by atoms with Gasteiger partial charge in [0.05, 0.1) is 17.7 Å². The van der Waals surface area contributed by atoms with Crippen molar-refractivity contribution in [2.75, 3.05) is 19.4 Å². The van der Waals surface area contributed by atoms with Crippen molar-refractivity contribution in [2.24, 2.45) is 5.41 Å². The van der Waals surface area contributed by atoms with Crippen molar-refractivity contribution in [1.29, 1.82) is 0 Å². The van der Waals surface area contributed by atoms with E-state index in [1.54, 1.807) is 44.4 Å². The van der Waals surface area contributed by atoms with Crippen LogP contribution in [-0.2, 0) is 11.3 Å². The van der Waals surface area contributed by atoms with Crippen LogP contribution in [0.5, 0.6) is 0 Å². The molecule has 0 aliphatic heterocycles. The summed E-state index contributed by atoms with van der Waals surface area (Å²) >= 11 is 0. The summed E-state index contributed by atoms with van der Waals surface area (Å²) in [6.07, 6.45) is 2.44. The molecule has 2 N–H and O–H groups in total. The summed E-state index contributed by atoms with van der Waals surface area (Å²) in [4.78, 5) is 35.1. The number of aromatic nitrogens is 6. The average molecular weight is 469 g/mol. The van der Waals surface area contributed by atoms with Gasteiger partial charge in [-0.2, -0.15) is 4.98 Å². The minimum atomic E-state index is -2.50. The first kappa shape index (κ1) is 22.2. The number of hydrogen-bond donors (Lipinski definition) is 2. The largest absolute Gasteiger partial charge is 0.351 e. The highest BCUT2D eigenvalue weighted by Crippen LogP contribution is 2.43. The molecule has 0 saturated heterocycles. The van der Waals surface area contributed by atoms with E-state index in [9.17, 15) is 13.6 Å². The Morgan fingerprint density at radius 1 is 1.29 bits per heavy atom. The van der Waals surface area contributed by atoms with Gasteiger partial charge in [-0.25, -0.2) is 23.7 Å². The van der Waals surface area contributed by atoms with E-state index in [0.717, 1.165) is 23.8 Å². The van der Waals surface area contributed by atoms with E-state index in [1.165, 1.54) is 4.57 Å². The molecule has 1 aliphatic carbocycles. The van der Waals surface area contributed by atoms with Gasteiger partial charge in [0.25, 0.3) is 6.43 Å². The van der Waals surface area contributed by atoms with Gasteiger partial charge in [0.2, 0.25) is 11.9 Å². The first-order valence-corrected chi connectivity index (χ1v) is 11.1. The monoisotopic (exact) mass is 468 g/mol. The molecular formula is C23H26F2N8O. The number of nitrogens with zero attached hydrogens (tertiary/aromatic N) is 6. The number of halogens is 2. The Labute approximate surface area is 194 Å². The molecule has 1 amide bonds. The van der Waals surface area contributed by atoms with Gasteiger partial charge in [-0.05, 0) is 31.9 Å². The Bertz CT molecular complexity index is 1390. The number of alkyl halides is 2. The van der Waals surface area contributed by atoms with Gasteiger partial charge < -0.3 is 19.8 Å². The minimum absolute atomic E-state index is 0.128. The molecule has 0 unspecified atom stereocenters. The first-order valence-electron chi connectivity index (χ1n) is 11.1. The Morgan fingerprint density at radius 3 is 2.76 bits per heavy atom. The van der Waals surface area contributed by atoms with Crippen molar-refractivity contribution in [2.45, 2.75) is 45.7 Å². The van der Waals surface area contributed by atoms with Crippen LogP contribution in [0.25, 0.3) is 33.5 Å². The Balaban J connectivity index is 1.38. The van der Waals surface area contributed by atoms with Gasteiger partial charge in [0.15, 0.2) is 5.65 Å². The summed E-state index contributed by atoms with van der Waals surface area (Å²) in [5.74, 6) is 1.11. The number of fused-ring (bicyclic) bond motifs is 2. The van der Waals surface area contributed by atoms with Crippen LogP contribution in [-0.4, -0.2) is 66.9 Å². The second-order valence-corrected chi connectivity index (χ2v) is 9.37. The molecule has 0 radical (unpaired) electrons. The molecule has 0 bridgehead atoms. The summed E-state index contributed by atoms with van der Waals surface area (Å²) < 4.78 is 27.5. The van der Waals surface area contributed by atoms with E-state index in [0.29, 0.717) is 34.3 Å². The zero-order valence-electron chi connectivity index (χ0n) is 19.4. The molecule has 11 heteroatoms. The van der Waals surface area contributed by atoms with Crippen LogP contribution in [0.4, 0.5) is 14.7 Å². The number of pyridine rings is 1. The predicted octanol–water partition coefficient (Wildman–Crippen LogP) is 3.61. The lowest BCUT2D eigenvalue weighted by molar-refractivity contribution is -0.143. The topological polar surface area (TPSA) is 105 Å². The number of nitrogens with one attached hydrogen (secondary N) is 2. The lowest BCUT2D eigenvalue weighted by atomic mass is 9.66. The van der Waals surface area contributed by atoms with E-state index in [4.69, 9.17) is 0 Å². The molecule has 1 aliphatic rings. The van der Waals surface area contributed by atoms with Crippen LogP contribution in [0, 0.1) is 12.3 Å². The zero-order chi connectivity index (χ0) is 24.2. The van der Waals surface area contributed by atoms with E-state index >= 15 is 0 Å². The lowest BCUT2D eigenvalue weighted by Gasteiger charge is -2.45. The van der Waals surface area contributed by atoms with E-state index in [-0.39, 0.29) is 17.4 Å². The van der Waals surface area contributed by atoms with Crippen LogP contribution in [0.15, 0.2) is 24.5 Å². The molecule has 0 spiro atoms. The highest BCUT2D eigenvalue weighted by molar-refractivity contribution is 5.93. The lowest BCUT2D eigenvalue weighted by Crippen LogP contribution is -2.52. The third-order valence-electron chi connectivity index (χ3n) is 6.46. The van der Waals surface area contributed by atoms with Crippen molar-refractivity contribution in [3.05, 3.63) is 30.4 Å². The number of hydrogen-bond acceptors (Lipinski definition) is 6. The molecule has 0 atom stereocenters. The van der Waals surface area contributed by atoms with Gasteiger partial charge in [-0.1, -0.05) is 6.92 Å². The van der Waals surface area contributed by atoms with Crippen LogP contribution < -0.4 is 5.32 Å². The van der Waals surface area contributed by atoms with Gasteiger partial charge in [-0.15, -0.1) is 0 Å². The molecule has 0 aromatic carbocycles. The fraction of sp³-hybridized carbons (Fsp3) is 0.435. The summed E-state index contributed by atoms with van der Waals surface area (Å²) in [6.45, 7) is 3.22. The molecule has 178 valence electrons. The molecule has 4 aromatic rings. The Morgan fingerprint density at radius 2 is 2.06 bits per heavy atom. The average Bonchev–Trinajstić information content (AvgIpc) is 3.31. The van der Waals surface area contributed by atoms with Gasteiger partial charge in [0.1, 0.15) is 17.0 Å². The fourth-order valence-electron chi connectivity index (χ4n) is 4.84. The number of aryl methyl sites for hydroxylation is 1. The Kier molecular flexibility index (Phi) is 5.22. The normalized spacial score (nSPS) is 20.1. The predicted molar refractivity (Wildman–Crippen MR) is 125 cm³/mol. The smallest absolute Gasteiger partial charge is 0.256 e. The van der Waals surface area contributed by atoms with Crippen molar-refractivity contribution < 1.29 is 13.6 Å². The third-order valence-corrected chi connectivity index (χ3v) is 6.46. The van der Waals surface area contributed by atoms with Crippen LogP contribution in [0.1, 0.15) is 25.6 Å². The quantitative estimate of drug-likeness (QED) is 0.448. The summed E-state index contributed by atoms with van der Waals surface area (Å²) in [5, 5.41) is 4.08. The number of imidazole rings is 1. The number of amides is 1. The molecule has 34 heavy (non-hydrogen) atoms. The zero-order valence-corrected chi connectivity index (χ0v) is 19.4. The van der Waals surface area contributed by atoms with Gasteiger partial charge >= 0.3 is 0 Å². The van der Waals surface area contributed by atoms with Crippen molar-refractivity contribution >= 4 is 34.1 Å². The van der Waals surface area contributed by atoms with E-state index in [2.05, 4.69) is 30.2 Å². The second-order valence-electron chi connectivity index (χ2n) is 9.37. The Hall–Kier alpha value is -3.63. The van der Waals surface area contributed by atoms with E-state index < -0.39 is 13.0 Å². The van der Waals surface area contributed by atoms with E-state index in [1.807, 2.05) is 13.0 Å². The molecule has 5 rings (SSSR count). The summed E-state index contributed by atoms with van der Waals surface area (Å²) in [5.41, 5.74) is 2.67. The van der Waals surface area contributed by atoms with Crippen LogP contribution >= 0.6 is 0 Å². The number of anilines is 1. The molecule has 1 saturated carbocycles. The molecule has 1 fully saturated rings. The van der Waals surface area contributed by atoms with Crippen LogP contribution in [0.2, 0.25) is 0 Å². The van der Waals surface area contributed by atoms with Gasteiger partial charge in [-0.3, -0.25) is 4.79 Å². The molecular weight excluding hydrogens is 442 g/mol. The SMILES string of the molecule is Cc1nc2ccc(-c3c[nH]c4nc(N[C@H]5C[C@@](C)(C(=O)N(C)C)C5)ncc34)nc2n1CC(F)F. The highest BCUT2D eigenvalue weighted by Gasteiger charge is 2.47.